The van der Waals surface area contributed by atoms with Gasteiger partial charge in [-0.2, -0.15) is 10.2 Å². The third-order valence-electron chi connectivity index (χ3n) is 4.29. The fraction of sp³-hybridized carbons (Fsp3) is 0.263. The molecule has 2 aromatic heterocycles. The zero-order chi connectivity index (χ0) is 20.3. The Bertz CT molecular complexity index is 1020. The third-order valence-corrected chi connectivity index (χ3v) is 4.29. The van der Waals surface area contributed by atoms with Gasteiger partial charge in [0.15, 0.2) is 0 Å². The Hall–Kier alpha value is -3.49. The lowest BCUT2D eigenvalue weighted by molar-refractivity contribution is -0.137. The fourth-order valence-corrected chi connectivity index (χ4v) is 2.84. The zero-order valence-corrected chi connectivity index (χ0v) is 15.5. The van der Waals surface area contributed by atoms with Gasteiger partial charge >= 0.3 is 5.97 Å². The average Bonchev–Trinajstić information content (AvgIpc) is 3.21. The van der Waals surface area contributed by atoms with Crippen molar-refractivity contribution in [3.63, 3.8) is 0 Å². The highest BCUT2D eigenvalue weighted by Gasteiger charge is 2.17. The minimum atomic E-state index is -0.932. The van der Waals surface area contributed by atoms with Gasteiger partial charge in [-0.3, -0.25) is 19.0 Å². The molecule has 3 aromatic rings. The van der Waals surface area contributed by atoms with Gasteiger partial charge in [0.05, 0.1) is 48.3 Å². The lowest BCUT2D eigenvalue weighted by Gasteiger charge is -2.07. The number of aryl methyl sites for hydroxylation is 2. The second kappa shape index (κ2) is 8.03. The number of aromatic nitrogens is 4. The molecule has 0 aliphatic rings. The van der Waals surface area contributed by atoms with Crippen molar-refractivity contribution < 1.29 is 19.1 Å². The van der Waals surface area contributed by atoms with Crippen molar-refractivity contribution in [3.05, 3.63) is 65.0 Å². The number of benzene rings is 1. The van der Waals surface area contributed by atoms with E-state index in [0.717, 1.165) is 11.3 Å². The Morgan fingerprint density at radius 1 is 1.29 bits per heavy atom. The lowest BCUT2D eigenvalue weighted by atomic mass is 10.2. The van der Waals surface area contributed by atoms with Crippen LogP contribution in [0.1, 0.15) is 33.7 Å². The molecular formula is C19H20FN5O3. The number of carboxylic acid groups (broad SMARTS) is 1. The van der Waals surface area contributed by atoms with E-state index in [-0.39, 0.29) is 24.7 Å². The first-order chi connectivity index (χ1) is 13.3. The van der Waals surface area contributed by atoms with E-state index in [2.05, 4.69) is 15.5 Å². The quantitative estimate of drug-likeness (QED) is 0.651. The number of hydrogen-bond donors (Lipinski definition) is 2. The van der Waals surface area contributed by atoms with Crippen LogP contribution in [0.2, 0.25) is 0 Å². The molecule has 1 amide bonds. The molecule has 3 rings (SSSR count). The molecule has 0 bridgehead atoms. The van der Waals surface area contributed by atoms with Gasteiger partial charge in [0.1, 0.15) is 5.82 Å². The van der Waals surface area contributed by atoms with Gasteiger partial charge in [-0.15, -0.1) is 0 Å². The Morgan fingerprint density at radius 2 is 2.07 bits per heavy atom. The van der Waals surface area contributed by atoms with E-state index in [9.17, 15) is 14.0 Å². The summed E-state index contributed by atoms with van der Waals surface area (Å²) in [5.41, 5.74) is 3.05. The van der Waals surface area contributed by atoms with Crippen molar-refractivity contribution >= 4 is 17.6 Å². The predicted molar refractivity (Wildman–Crippen MR) is 99.6 cm³/mol. The summed E-state index contributed by atoms with van der Waals surface area (Å²) in [6.07, 6.45) is 2.81. The first-order valence-corrected chi connectivity index (χ1v) is 8.67. The summed E-state index contributed by atoms with van der Waals surface area (Å²) in [7, 11) is 0. The Balaban J connectivity index is 1.73. The minimum Gasteiger partial charge on any atom is -0.481 e. The van der Waals surface area contributed by atoms with E-state index in [1.54, 1.807) is 17.7 Å². The van der Waals surface area contributed by atoms with Crippen molar-refractivity contribution in [1.29, 1.82) is 0 Å². The van der Waals surface area contributed by atoms with E-state index < -0.39 is 5.97 Å². The van der Waals surface area contributed by atoms with Gasteiger partial charge in [-0.1, -0.05) is 12.1 Å². The van der Waals surface area contributed by atoms with Crippen LogP contribution in [0.15, 0.2) is 36.7 Å². The second-order valence-electron chi connectivity index (χ2n) is 6.42. The maximum atomic E-state index is 13.4. The van der Waals surface area contributed by atoms with Gasteiger partial charge in [0.2, 0.25) is 0 Å². The number of hydrogen-bond acceptors (Lipinski definition) is 4. The number of carbonyl (C=O) groups excluding carboxylic acids is 1. The van der Waals surface area contributed by atoms with E-state index in [1.807, 2.05) is 13.0 Å². The topological polar surface area (TPSA) is 102 Å². The summed E-state index contributed by atoms with van der Waals surface area (Å²) < 4.78 is 16.5. The Kier molecular flexibility index (Phi) is 5.53. The standard InChI is InChI=1S/C19H20FN5O3/c1-12-18(13(2)25(23-12)10-14-4-3-5-16(20)8-14)22-19(28)15-9-21-24(11-15)7-6-17(26)27/h3-5,8-9,11H,6-7,10H2,1-2H3,(H,22,28)(H,26,27). The molecule has 8 nitrogen and oxygen atoms in total. The molecule has 0 aliphatic carbocycles. The third kappa shape index (κ3) is 4.43. The van der Waals surface area contributed by atoms with E-state index in [0.29, 0.717) is 23.5 Å². The molecule has 0 spiro atoms. The van der Waals surface area contributed by atoms with Crippen LogP contribution in [-0.2, 0) is 17.9 Å². The summed E-state index contributed by atoms with van der Waals surface area (Å²) in [5, 5.41) is 20.0. The smallest absolute Gasteiger partial charge is 0.305 e. The van der Waals surface area contributed by atoms with Gasteiger partial charge < -0.3 is 10.4 Å². The number of halogens is 1. The van der Waals surface area contributed by atoms with Crippen molar-refractivity contribution in [3.8, 4) is 0 Å². The molecule has 1 aromatic carbocycles. The zero-order valence-electron chi connectivity index (χ0n) is 15.5. The molecule has 146 valence electrons. The van der Waals surface area contributed by atoms with Crippen molar-refractivity contribution in [2.75, 3.05) is 5.32 Å². The van der Waals surface area contributed by atoms with Crippen LogP contribution in [-0.4, -0.2) is 36.5 Å². The Labute approximate surface area is 160 Å². The molecule has 0 atom stereocenters. The van der Waals surface area contributed by atoms with Gasteiger partial charge in [0, 0.05) is 6.20 Å². The second-order valence-corrected chi connectivity index (χ2v) is 6.42. The average molecular weight is 385 g/mol. The number of nitrogens with zero attached hydrogens (tertiary/aromatic N) is 4. The first-order valence-electron chi connectivity index (χ1n) is 8.67. The molecule has 9 heteroatoms. The summed E-state index contributed by atoms with van der Waals surface area (Å²) in [5.74, 6) is -1.61. The highest BCUT2D eigenvalue weighted by molar-refractivity contribution is 6.04. The minimum absolute atomic E-state index is 0.0756. The molecule has 0 aliphatic heterocycles. The van der Waals surface area contributed by atoms with E-state index in [4.69, 9.17) is 5.11 Å². The number of carbonyl (C=O) groups is 2. The molecule has 0 saturated heterocycles. The maximum Gasteiger partial charge on any atom is 0.305 e. The number of amides is 1. The highest BCUT2D eigenvalue weighted by Crippen LogP contribution is 2.21. The largest absolute Gasteiger partial charge is 0.481 e. The van der Waals surface area contributed by atoms with Crippen LogP contribution >= 0.6 is 0 Å². The van der Waals surface area contributed by atoms with Gasteiger partial charge in [-0.25, -0.2) is 4.39 Å². The highest BCUT2D eigenvalue weighted by atomic mass is 19.1. The molecule has 0 saturated carbocycles. The summed E-state index contributed by atoms with van der Waals surface area (Å²) >= 11 is 0. The summed E-state index contributed by atoms with van der Waals surface area (Å²) in [4.78, 5) is 23.1. The van der Waals surface area contributed by atoms with Crippen LogP contribution in [0.4, 0.5) is 10.1 Å². The first kappa shape index (κ1) is 19.3. The normalized spacial score (nSPS) is 10.8. The molecule has 2 N–H and O–H groups in total. The van der Waals surface area contributed by atoms with Gasteiger partial charge in [0.25, 0.3) is 5.91 Å². The van der Waals surface area contributed by atoms with Crippen molar-refractivity contribution in [2.24, 2.45) is 0 Å². The monoisotopic (exact) mass is 385 g/mol. The molecular weight excluding hydrogens is 365 g/mol. The van der Waals surface area contributed by atoms with Crippen molar-refractivity contribution in [1.82, 2.24) is 19.6 Å². The number of rotatable bonds is 7. The predicted octanol–water partition coefficient (Wildman–Crippen LogP) is 2.61. The Morgan fingerprint density at radius 3 is 2.79 bits per heavy atom. The molecule has 0 radical (unpaired) electrons. The van der Waals surface area contributed by atoms with Crippen LogP contribution in [0.5, 0.6) is 0 Å². The van der Waals surface area contributed by atoms with Crippen molar-refractivity contribution in [2.45, 2.75) is 33.4 Å². The van der Waals surface area contributed by atoms with E-state index in [1.165, 1.54) is 29.2 Å². The SMILES string of the molecule is Cc1nn(Cc2cccc(F)c2)c(C)c1NC(=O)c1cnn(CCC(=O)O)c1. The van der Waals surface area contributed by atoms with Crippen LogP contribution in [0.3, 0.4) is 0 Å². The lowest BCUT2D eigenvalue weighted by Crippen LogP contribution is -2.13. The van der Waals surface area contributed by atoms with Crippen LogP contribution in [0, 0.1) is 19.7 Å². The molecule has 28 heavy (non-hydrogen) atoms. The number of aliphatic carboxylic acids is 1. The molecule has 0 unspecified atom stereocenters. The number of carboxylic acids is 1. The summed E-state index contributed by atoms with van der Waals surface area (Å²) in [6.45, 7) is 4.17. The van der Waals surface area contributed by atoms with E-state index >= 15 is 0 Å². The fourth-order valence-electron chi connectivity index (χ4n) is 2.84. The molecule has 2 heterocycles. The summed E-state index contributed by atoms with van der Waals surface area (Å²) in [6, 6.07) is 6.28. The van der Waals surface area contributed by atoms with Crippen LogP contribution in [0.25, 0.3) is 0 Å². The number of nitrogens with one attached hydrogen (secondary N) is 1. The molecule has 0 fully saturated rings. The van der Waals surface area contributed by atoms with Crippen LogP contribution < -0.4 is 5.32 Å². The van der Waals surface area contributed by atoms with Gasteiger partial charge in [-0.05, 0) is 31.5 Å². The number of anilines is 1. The maximum absolute atomic E-state index is 13.4.